The summed E-state index contributed by atoms with van der Waals surface area (Å²) >= 11 is 0. The van der Waals surface area contributed by atoms with Gasteiger partial charge in [0.05, 0.1) is 6.33 Å². The Morgan fingerprint density at radius 3 is 2.12 bits per heavy atom. The minimum atomic E-state index is -1.17. The molecule has 0 radical (unpaired) electrons. The highest BCUT2D eigenvalue weighted by atomic mass is 19.1. The molecule has 3 N–H and O–H groups in total. The van der Waals surface area contributed by atoms with Crippen molar-refractivity contribution < 1.29 is 28.6 Å². The second-order valence-electron chi connectivity index (χ2n) is 14.6. The molecule has 11 heteroatoms. The van der Waals surface area contributed by atoms with Crippen molar-refractivity contribution >= 4 is 28.9 Å². The maximum absolute atomic E-state index is 14.3. The molecule has 4 atom stereocenters. The number of esters is 1. The Labute approximate surface area is 305 Å². The van der Waals surface area contributed by atoms with Gasteiger partial charge in [0.1, 0.15) is 12.8 Å². The van der Waals surface area contributed by atoms with Gasteiger partial charge < -0.3 is 20.3 Å². The Kier molecular flexibility index (Phi) is 19.3. The Morgan fingerprint density at radius 1 is 0.941 bits per heavy atom. The van der Waals surface area contributed by atoms with Crippen LogP contribution in [0.2, 0.25) is 0 Å². The number of aromatic nitrogens is 4. The first-order valence-corrected chi connectivity index (χ1v) is 19.9. The molecular weight excluding hydrogens is 649 g/mol. The Bertz CT molecular complexity index is 1360. The van der Waals surface area contributed by atoms with Gasteiger partial charge in [-0.05, 0) is 25.2 Å². The van der Waals surface area contributed by atoms with Gasteiger partial charge in [-0.25, -0.2) is 4.98 Å². The van der Waals surface area contributed by atoms with Crippen molar-refractivity contribution in [1.82, 2.24) is 19.5 Å². The van der Waals surface area contributed by atoms with Crippen LogP contribution in [0.5, 0.6) is 0 Å². The van der Waals surface area contributed by atoms with Gasteiger partial charge in [0.25, 0.3) is 0 Å². The summed E-state index contributed by atoms with van der Waals surface area (Å²) in [6, 6.07) is 0. The number of carboxylic acid groups (broad SMARTS) is 1. The van der Waals surface area contributed by atoms with Crippen molar-refractivity contribution in [3.63, 3.8) is 0 Å². The number of nitrogens with zero attached hydrogens (tertiary/aromatic N) is 4. The van der Waals surface area contributed by atoms with E-state index in [1.807, 2.05) is 0 Å². The topological polar surface area (TPSA) is 142 Å². The lowest BCUT2D eigenvalue weighted by Gasteiger charge is -2.34. The van der Waals surface area contributed by atoms with Crippen LogP contribution in [0.25, 0.3) is 11.2 Å². The van der Waals surface area contributed by atoms with Gasteiger partial charge in [-0.1, -0.05) is 142 Å². The molecule has 0 aromatic carbocycles. The van der Waals surface area contributed by atoms with Crippen LogP contribution in [-0.2, 0) is 19.1 Å². The van der Waals surface area contributed by atoms with Crippen LogP contribution in [0.3, 0.4) is 0 Å². The van der Waals surface area contributed by atoms with Gasteiger partial charge >= 0.3 is 18.0 Å². The minimum Gasteiger partial charge on any atom is -0.481 e. The lowest BCUT2D eigenvalue weighted by Crippen LogP contribution is -2.43. The fourth-order valence-corrected chi connectivity index (χ4v) is 7.57. The van der Waals surface area contributed by atoms with Gasteiger partial charge in [-0.2, -0.15) is 14.4 Å². The van der Waals surface area contributed by atoms with Gasteiger partial charge in [-0.15, -0.1) is 6.42 Å². The molecule has 0 amide bonds. The molecule has 1 aliphatic heterocycles. The van der Waals surface area contributed by atoms with E-state index in [1.165, 1.54) is 57.7 Å². The van der Waals surface area contributed by atoms with Crippen molar-refractivity contribution in [2.24, 2.45) is 11.8 Å². The summed E-state index contributed by atoms with van der Waals surface area (Å²) < 4.78 is 28.5. The number of unbranched alkanes of at least 4 members (excludes halogenated alkanes) is 16. The van der Waals surface area contributed by atoms with Crippen LogP contribution in [-0.4, -0.2) is 48.8 Å². The van der Waals surface area contributed by atoms with E-state index in [4.69, 9.17) is 26.7 Å². The molecule has 1 fully saturated rings. The second-order valence-corrected chi connectivity index (χ2v) is 14.6. The maximum Gasteiger partial charge on any atom is 0.312 e. The largest absolute Gasteiger partial charge is 0.481 e. The number of rotatable bonds is 28. The van der Waals surface area contributed by atoms with Gasteiger partial charge in [0.15, 0.2) is 22.6 Å². The lowest BCUT2D eigenvalue weighted by atomic mass is 9.74. The molecule has 286 valence electrons. The molecule has 2 aromatic rings. The SMILES string of the molecule is C#C[C@]1(COC(=O)CCCCCCCCCCCCC)O[C@@H](n2cnc3c(N)nc(F)nc32)C[C@H]1C(CCCC)CCCCCCCCC(=O)O. The number of fused-ring (bicyclic) bond motifs is 1. The van der Waals surface area contributed by atoms with Crippen molar-refractivity contribution in [2.75, 3.05) is 12.3 Å². The van der Waals surface area contributed by atoms with Crippen LogP contribution in [0, 0.1) is 30.3 Å². The Balaban J connectivity index is 1.64. The fourth-order valence-electron chi connectivity index (χ4n) is 7.57. The quantitative estimate of drug-likeness (QED) is 0.0381. The van der Waals surface area contributed by atoms with Gasteiger partial charge in [0.2, 0.25) is 0 Å². The molecule has 2 aromatic heterocycles. The molecule has 0 aliphatic carbocycles. The number of aliphatic carboxylic acids is 1. The number of carbonyl (C=O) groups excluding carboxylic acids is 1. The standard InChI is InChI=1S/C40H64FN5O5/c1-4-7-9-10-11-12-13-14-15-20-23-27-35(49)50-29-40(6-3)32(31(24-8-5-2)25-21-18-16-17-19-22-26-34(47)48)28-33(51-40)46-30-43-36-37(42)44-39(41)45-38(36)46/h3,30-33H,4-5,7-29H2,1-2H3,(H,47,48)(H2,42,44,45)/t31?,32-,33+,40+/m0/s1. The third-order valence-corrected chi connectivity index (χ3v) is 10.5. The van der Waals surface area contributed by atoms with Crippen LogP contribution >= 0.6 is 0 Å². The average molecular weight is 714 g/mol. The number of terminal acetylenes is 1. The van der Waals surface area contributed by atoms with E-state index in [9.17, 15) is 14.0 Å². The molecule has 1 aliphatic rings. The summed E-state index contributed by atoms with van der Waals surface area (Å²) in [4.78, 5) is 35.8. The molecule has 0 saturated carbocycles. The zero-order chi connectivity index (χ0) is 36.9. The van der Waals surface area contributed by atoms with Gasteiger partial charge in [-0.3, -0.25) is 14.2 Å². The van der Waals surface area contributed by atoms with Crippen LogP contribution < -0.4 is 5.73 Å². The maximum atomic E-state index is 14.3. The summed E-state index contributed by atoms with van der Waals surface area (Å²) in [6.07, 6.45) is 30.4. The van der Waals surface area contributed by atoms with E-state index in [-0.39, 0.29) is 42.3 Å². The average Bonchev–Trinajstić information content (AvgIpc) is 3.71. The number of carboxylic acids is 1. The number of ether oxygens (including phenoxy) is 2. The van der Waals surface area contributed by atoms with Gasteiger partial charge in [0, 0.05) is 18.8 Å². The third kappa shape index (κ3) is 14.0. The van der Waals surface area contributed by atoms with Crippen LogP contribution in [0.1, 0.15) is 174 Å². The zero-order valence-electron chi connectivity index (χ0n) is 31.4. The molecule has 3 heterocycles. The molecule has 1 unspecified atom stereocenters. The molecule has 0 spiro atoms. The fraction of sp³-hybridized carbons (Fsp3) is 0.775. The first-order chi connectivity index (χ1) is 24.7. The number of hydrogen-bond donors (Lipinski definition) is 2. The number of anilines is 1. The van der Waals surface area contributed by atoms with E-state index in [0.717, 1.165) is 77.0 Å². The highest BCUT2D eigenvalue weighted by Gasteiger charge is 2.52. The summed E-state index contributed by atoms with van der Waals surface area (Å²) in [5.41, 5.74) is 5.32. The number of halogens is 1. The lowest BCUT2D eigenvalue weighted by molar-refractivity contribution is -0.155. The normalized spacial score (nSPS) is 19.3. The van der Waals surface area contributed by atoms with Crippen molar-refractivity contribution in [2.45, 2.75) is 180 Å². The van der Waals surface area contributed by atoms with Crippen LogP contribution in [0.4, 0.5) is 10.2 Å². The molecule has 3 rings (SSSR count). The molecular formula is C40H64FN5O5. The number of carbonyl (C=O) groups is 2. The first-order valence-electron chi connectivity index (χ1n) is 19.9. The molecule has 10 nitrogen and oxygen atoms in total. The summed E-state index contributed by atoms with van der Waals surface area (Å²) in [5, 5.41) is 8.90. The monoisotopic (exact) mass is 713 g/mol. The van der Waals surface area contributed by atoms with E-state index in [1.54, 1.807) is 4.57 Å². The van der Waals surface area contributed by atoms with E-state index in [0.29, 0.717) is 24.8 Å². The molecule has 1 saturated heterocycles. The minimum absolute atomic E-state index is 0.0471. The predicted octanol–water partition coefficient (Wildman–Crippen LogP) is 9.71. The van der Waals surface area contributed by atoms with Crippen molar-refractivity contribution in [3.05, 3.63) is 12.4 Å². The number of imidazole rings is 1. The number of hydrogen-bond acceptors (Lipinski definition) is 8. The van der Waals surface area contributed by atoms with Crippen molar-refractivity contribution in [3.8, 4) is 12.3 Å². The van der Waals surface area contributed by atoms with Crippen LogP contribution in [0.15, 0.2) is 6.33 Å². The highest BCUT2D eigenvalue weighted by Crippen LogP contribution is 2.48. The summed E-state index contributed by atoms with van der Waals surface area (Å²) in [7, 11) is 0. The predicted molar refractivity (Wildman–Crippen MR) is 199 cm³/mol. The van der Waals surface area contributed by atoms with E-state index < -0.39 is 23.9 Å². The second kappa shape index (κ2) is 23.3. The van der Waals surface area contributed by atoms with Crippen molar-refractivity contribution in [1.29, 1.82) is 0 Å². The molecule has 51 heavy (non-hydrogen) atoms. The van der Waals surface area contributed by atoms with E-state index >= 15 is 0 Å². The third-order valence-electron chi connectivity index (χ3n) is 10.5. The Hall–Kier alpha value is -3.26. The number of nitrogens with two attached hydrogens (primary N) is 1. The smallest absolute Gasteiger partial charge is 0.312 e. The molecule has 0 bridgehead atoms. The van der Waals surface area contributed by atoms with E-state index in [2.05, 4.69) is 34.7 Å². The Morgan fingerprint density at radius 2 is 1.51 bits per heavy atom. The first kappa shape index (κ1) is 42.2. The highest BCUT2D eigenvalue weighted by molar-refractivity contribution is 5.81. The zero-order valence-corrected chi connectivity index (χ0v) is 31.4. The summed E-state index contributed by atoms with van der Waals surface area (Å²) in [5.74, 6) is 1.97. The number of nitrogen functional groups attached to an aromatic ring is 1. The summed E-state index contributed by atoms with van der Waals surface area (Å²) in [6.45, 7) is 4.36.